The Balaban J connectivity index is 1.92. The molecular weight excluding hydrogens is 404 g/mol. The van der Waals surface area contributed by atoms with Gasteiger partial charge < -0.3 is 24.4 Å². The van der Waals surface area contributed by atoms with Crippen molar-refractivity contribution in [2.24, 2.45) is 5.92 Å². The van der Waals surface area contributed by atoms with E-state index in [1.165, 1.54) is 7.11 Å². The molecule has 0 radical (unpaired) electrons. The number of carbonyl (C=O) groups excluding carboxylic acids is 1. The van der Waals surface area contributed by atoms with E-state index in [9.17, 15) is 15.0 Å². The van der Waals surface area contributed by atoms with Crippen LogP contribution >= 0.6 is 15.9 Å². The lowest BCUT2D eigenvalue weighted by Gasteiger charge is -2.49. The lowest BCUT2D eigenvalue weighted by atomic mass is 9.72. The number of aliphatic hydroxyl groups excluding tert-OH is 1. The van der Waals surface area contributed by atoms with E-state index in [2.05, 4.69) is 15.9 Å². The summed E-state index contributed by atoms with van der Waals surface area (Å²) in [6, 6.07) is 6.89. The summed E-state index contributed by atoms with van der Waals surface area (Å²) in [6.07, 6.45) is 0.393. The van der Waals surface area contributed by atoms with Gasteiger partial charge in [-0.15, -0.1) is 0 Å². The summed E-state index contributed by atoms with van der Waals surface area (Å²) in [7, 11) is 1.48. The number of allylic oxidation sites excluding steroid dienone is 1. The fourth-order valence-electron chi connectivity index (χ4n) is 3.58. The molecule has 142 valence electrons. The summed E-state index contributed by atoms with van der Waals surface area (Å²) in [4.78, 5) is 12.7. The lowest BCUT2D eigenvalue weighted by molar-refractivity contribution is -0.244. The maximum absolute atomic E-state index is 12.7. The molecule has 0 spiro atoms. The van der Waals surface area contributed by atoms with Crippen LogP contribution in [0.5, 0.6) is 0 Å². The zero-order valence-corrected chi connectivity index (χ0v) is 16.3. The average molecular weight is 427 g/mol. The second-order valence-corrected chi connectivity index (χ2v) is 7.49. The SMILES string of the molecule is CC[C@@H]1CC=C2O[C@H](OC)C[C@H](OC(=O)c3ccccc3Br)[C@]2(O)[C@@H]1O. The fourth-order valence-corrected chi connectivity index (χ4v) is 4.03. The second kappa shape index (κ2) is 7.68. The molecule has 0 aromatic heterocycles. The van der Waals surface area contributed by atoms with Gasteiger partial charge in [0.05, 0.1) is 18.1 Å². The molecule has 1 aliphatic carbocycles. The van der Waals surface area contributed by atoms with E-state index in [-0.39, 0.29) is 18.1 Å². The highest BCUT2D eigenvalue weighted by molar-refractivity contribution is 9.10. The van der Waals surface area contributed by atoms with Crippen molar-refractivity contribution in [3.05, 3.63) is 46.1 Å². The number of halogens is 1. The van der Waals surface area contributed by atoms with Crippen molar-refractivity contribution in [1.29, 1.82) is 0 Å². The Morgan fingerprint density at radius 1 is 1.42 bits per heavy atom. The van der Waals surface area contributed by atoms with Gasteiger partial charge in [0.25, 0.3) is 0 Å². The quantitative estimate of drug-likeness (QED) is 0.719. The van der Waals surface area contributed by atoms with Crippen molar-refractivity contribution in [3.63, 3.8) is 0 Å². The minimum atomic E-state index is -1.79. The third-order valence-corrected chi connectivity index (χ3v) is 5.88. The third kappa shape index (κ3) is 3.29. The number of aliphatic hydroxyl groups is 2. The molecular formula is C19H23BrO6. The summed E-state index contributed by atoms with van der Waals surface area (Å²) in [5, 5.41) is 22.1. The van der Waals surface area contributed by atoms with Crippen molar-refractivity contribution < 1.29 is 29.2 Å². The fraction of sp³-hybridized carbons (Fsp3) is 0.526. The van der Waals surface area contributed by atoms with Gasteiger partial charge >= 0.3 is 5.97 Å². The maximum Gasteiger partial charge on any atom is 0.339 e. The van der Waals surface area contributed by atoms with Gasteiger partial charge in [-0.1, -0.05) is 25.5 Å². The van der Waals surface area contributed by atoms with Crippen molar-refractivity contribution >= 4 is 21.9 Å². The largest absolute Gasteiger partial charge is 0.466 e. The average Bonchev–Trinajstić information content (AvgIpc) is 2.64. The van der Waals surface area contributed by atoms with E-state index >= 15 is 0 Å². The zero-order chi connectivity index (χ0) is 18.9. The van der Waals surface area contributed by atoms with E-state index in [0.717, 1.165) is 0 Å². The van der Waals surface area contributed by atoms with Crippen LogP contribution in [-0.2, 0) is 14.2 Å². The Labute approximate surface area is 160 Å². The molecule has 6 nitrogen and oxygen atoms in total. The monoisotopic (exact) mass is 426 g/mol. The molecule has 5 atom stereocenters. The van der Waals surface area contributed by atoms with Crippen LogP contribution in [0.3, 0.4) is 0 Å². The predicted molar refractivity (Wildman–Crippen MR) is 97.3 cm³/mol. The van der Waals surface area contributed by atoms with Gasteiger partial charge in [0.1, 0.15) is 11.9 Å². The molecule has 1 aromatic rings. The first-order chi connectivity index (χ1) is 12.4. The lowest BCUT2D eigenvalue weighted by Crippen LogP contribution is -2.63. The standard InChI is InChI=1S/C19H23BrO6/c1-3-11-8-9-14-19(23,17(11)21)15(10-16(24-2)25-14)26-18(22)12-6-4-5-7-13(12)20/h4-7,9,11,15-17,21,23H,3,8,10H2,1-2H3/t11-,15+,16+,17-,19+/m1/s1. The summed E-state index contributed by atoms with van der Waals surface area (Å²) in [5.74, 6) is -0.522. The van der Waals surface area contributed by atoms with Gasteiger partial charge in [0.2, 0.25) is 6.29 Å². The number of hydrogen-bond donors (Lipinski definition) is 2. The minimum absolute atomic E-state index is 0.119. The number of esters is 1. The molecule has 1 fully saturated rings. The number of hydrogen-bond acceptors (Lipinski definition) is 6. The number of carbonyl (C=O) groups is 1. The second-order valence-electron chi connectivity index (χ2n) is 6.64. The van der Waals surface area contributed by atoms with E-state index in [1.54, 1.807) is 30.3 Å². The van der Waals surface area contributed by atoms with Gasteiger partial charge in [-0.3, -0.25) is 0 Å². The highest BCUT2D eigenvalue weighted by Gasteiger charge is 2.58. The first-order valence-corrected chi connectivity index (χ1v) is 9.47. The predicted octanol–water partition coefficient (Wildman–Crippen LogP) is 2.77. The molecule has 1 heterocycles. The van der Waals surface area contributed by atoms with Crippen LogP contribution in [0.15, 0.2) is 40.6 Å². The van der Waals surface area contributed by atoms with Crippen LogP contribution in [-0.4, -0.2) is 47.4 Å². The normalized spacial score (nSPS) is 33.7. The van der Waals surface area contributed by atoms with Gasteiger partial charge in [0.15, 0.2) is 5.60 Å². The van der Waals surface area contributed by atoms with E-state index in [1.807, 2.05) is 6.92 Å². The van der Waals surface area contributed by atoms with Crippen molar-refractivity contribution in [3.8, 4) is 0 Å². The van der Waals surface area contributed by atoms with Crippen LogP contribution in [0.25, 0.3) is 0 Å². The van der Waals surface area contributed by atoms with Gasteiger partial charge in [-0.05, 0) is 46.5 Å². The summed E-state index contributed by atoms with van der Waals surface area (Å²) >= 11 is 3.33. The van der Waals surface area contributed by atoms with Crippen LogP contribution in [0.1, 0.15) is 36.5 Å². The van der Waals surface area contributed by atoms with Crippen molar-refractivity contribution in [1.82, 2.24) is 0 Å². The minimum Gasteiger partial charge on any atom is -0.466 e. The van der Waals surface area contributed by atoms with E-state index in [4.69, 9.17) is 14.2 Å². The van der Waals surface area contributed by atoms with Gasteiger partial charge in [0, 0.05) is 11.6 Å². The Hall–Kier alpha value is -1.41. The Morgan fingerprint density at radius 2 is 2.15 bits per heavy atom. The summed E-state index contributed by atoms with van der Waals surface area (Å²) < 4.78 is 17.2. The molecule has 7 heteroatoms. The molecule has 0 amide bonds. The van der Waals surface area contributed by atoms with Crippen molar-refractivity contribution in [2.45, 2.75) is 50.3 Å². The van der Waals surface area contributed by atoms with Crippen LogP contribution in [0, 0.1) is 5.92 Å². The Bertz CT molecular complexity index is 705. The molecule has 0 unspecified atom stereocenters. The summed E-state index contributed by atoms with van der Waals surface area (Å²) in [6.45, 7) is 1.94. The first-order valence-electron chi connectivity index (χ1n) is 8.67. The zero-order valence-electron chi connectivity index (χ0n) is 14.7. The molecule has 0 saturated carbocycles. The van der Waals surface area contributed by atoms with Crippen LogP contribution < -0.4 is 0 Å². The van der Waals surface area contributed by atoms with Gasteiger partial charge in [-0.2, -0.15) is 0 Å². The number of fused-ring (bicyclic) bond motifs is 1. The molecule has 1 saturated heterocycles. The highest BCUT2D eigenvalue weighted by Crippen LogP contribution is 2.44. The molecule has 1 aliphatic heterocycles. The van der Waals surface area contributed by atoms with Crippen LogP contribution in [0.2, 0.25) is 0 Å². The topological polar surface area (TPSA) is 85.2 Å². The molecule has 0 bridgehead atoms. The first kappa shape index (κ1) is 19.4. The number of rotatable bonds is 4. The molecule has 2 N–H and O–H groups in total. The number of benzene rings is 1. The van der Waals surface area contributed by atoms with Gasteiger partial charge in [-0.25, -0.2) is 4.79 Å². The Morgan fingerprint density at radius 3 is 2.81 bits per heavy atom. The van der Waals surface area contributed by atoms with Crippen LogP contribution in [0.4, 0.5) is 0 Å². The number of ether oxygens (including phenoxy) is 3. The number of methoxy groups -OCH3 is 1. The van der Waals surface area contributed by atoms with E-state index in [0.29, 0.717) is 22.9 Å². The third-order valence-electron chi connectivity index (χ3n) is 5.18. The maximum atomic E-state index is 12.7. The van der Waals surface area contributed by atoms with E-state index < -0.39 is 30.1 Å². The smallest absolute Gasteiger partial charge is 0.339 e. The highest BCUT2D eigenvalue weighted by atomic mass is 79.9. The molecule has 3 rings (SSSR count). The molecule has 2 aliphatic rings. The van der Waals surface area contributed by atoms with Crippen molar-refractivity contribution in [2.75, 3.05) is 7.11 Å². The molecule has 1 aromatic carbocycles. The summed E-state index contributed by atoms with van der Waals surface area (Å²) in [5.41, 5.74) is -1.44. The Kier molecular flexibility index (Phi) is 5.72. The molecule has 26 heavy (non-hydrogen) atoms.